The molecule has 0 unspecified atom stereocenters. The number of hydrogen-bond acceptors (Lipinski definition) is 4. The molecule has 0 fully saturated rings. The van der Waals surface area contributed by atoms with Crippen LogP contribution in [0.2, 0.25) is 0 Å². The molecule has 0 spiro atoms. The summed E-state index contributed by atoms with van der Waals surface area (Å²) in [6.07, 6.45) is 0. The molecule has 2 aromatic rings. The number of rotatable bonds is 3. The molecule has 21 heavy (non-hydrogen) atoms. The first-order chi connectivity index (χ1) is 9.93. The Hall–Kier alpha value is -2.63. The highest BCUT2D eigenvalue weighted by atomic mass is 19.1. The number of methoxy groups -OCH3 is 1. The average molecular weight is 293 g/mol. The van der Waals surface area contributed by atoms with E-state index in [-0.39, 0.29) is 22.7 Å². The quantitative estimate of drug-likeness (QED) is 0.695. The van der Waals surface area contributed by atoms with Crippen molar-refractivity contribution in [3.8, 4) is 11.5 Å². The van der Waals surface area contributed by atoms with Crippen LogP contribution in [0, 0.1) is 18.6 Å². The lowest BCUT2D eigenvalue weighted by Gasteiger charge is -2.11. The second-order valence-corrected chi connectivity index (χ2v) is 4.35. The van der Waals surface area contributed by atoms with Crippen molar-refractivity contribution in [3.63, 3.8) is 0 Å². The minimum absolute atomic E-state index is 0.0537. The molecular weight excluding hydrogens is 280 g/mol. The molecule has 0 atom stereocenters. The maximum Gasteiger partial charge on any atom is 0.340 e. The Kier molecular flexibility index (Phi) is 4.07. The molecule has 6 heteroatoms. The molecule has 0 amide bonds. The normalized spacial score (nSPS) is 10.3. The van der Waals surface area contributed by atoms with Gasteiger partial charge in [-0.3, -0.25) is 0 Å². The van der Waals surface area contributed by atoms with Crippen LogP contribution in [0.15, 0.2) is 30.3 Å². The van der Waals surface area contributed by atoms with Crippen molar-refractivity contribution >= 4 is 11.7 Å². The van der Waals surface area contributed by atoms with E-state index < -0.39 is 17.6 Å². The van der Waals surface area contributed by atoms with E-state index in [1.165, 1.54) is 13.2 Å². The van der Waals surface area contributed by atoms with Crippen LogP contribution < -0.4 is 10.5 Å². The maximum absolute atomic E-state index is 13.9. The number of benzene rings is 2. The lowest BCUT2D eigenvalue weighted by molar-refractivity contribution is 0.0601. The van der Waals surface area contributed by atoms with Crippen LogP contribution in [0.1, 0.15) is 15.9 Å². The third-order valence-corrected chi connectivity index (χ3v) is 2.89. The summed E-state index contributed by atoms with van der Waals surface area (Å²) in [5, 5.41) is 0. The third kappa shape index (κ3) is 2.94. The van der Waals surface area contributed by atoms with Gasteiger partial charge in [0.2, 0.25) is 0 Å². The van der Waals surface area contributed by atoms with Crippen LogP contribution in [-0.2, 0) is 4.74 Å². The molecule has 0 aliphatic rings. The zero-order chi connectivity index (χ0) is 15.6. The Balaban J connectivity index is 2.44. The number of aryl methyl sites for hydroxylation is 1. The first kappa shape index (κ1) is 14.8. The number of nitrogens with two attached hydrogens (primary N) is 1. The fourth-order valence-corrected chi connectivity index (χ4v) is 1.75. The van der Waals surface area contributed by atoms with Gasteiger partial charge in [-0.2, -0.15) is 0 Å². The summed E-state index contributed by atoms with van der Waals surface area (Å²) < 4.78 is 37.4. The molecule has 4 nitrogen and oxygen atoms in total. The Morgan fingerprint density at radius 1 is 1.19 bits per heavy atom. The Labute approximate surface area is 120 Å². The highest BCUT2D eigenvalue weighted by Crippen LogP contribution is 2.31. The van der Waals surface area contributed by atoms with Crippen molar-refractivity contribution < 1.29 is 23.0 Å². The standard InChI is InChI=1S/C15H13F2NO3/c1-8-4-3-5-12(14(8)17)21-13-6-9(15(19)20-2)11(18)7-10(13)16/h3-7H,18H2,1-2H3. The summed E-state index contributed by atoms with van der Waals surface area (Å²) in [5.41, 5.74) is 5.76. The van der Waals surface area contributed by atoms with E-state index in [9.17, 15) is 13.6 Å². The number of carbonyl (C=O) groups excluding carboxylic acids is 1. The molecule has 0 saturated carbocycles. The van der Waals surface area contributed by atoms with Crippen molar-refractivity contribution in [3.05, 3.63) is 53.1 Å². The van der Waals surface area contributed by atoms with Gasteiger partial charge in [0.15, 0.2) is 23.1 Å². The third-order valence-electron chi connectivity index (χ3n) is 2.89. The zero-order valence-electron chi connectivity index (χ0n) is 11.4. The van der Waals surface area contributed by atoms with E-state index in [2.05, 4.69) is 4.74 Å². The molecule has 2 N–H and O–H groups in total. The number of nitrogen functional groups attached to an aromatic ring is 1. The first-order valence-corrected chi connectivity index (χ1v) is 6.04. The predicted molar refractivity (Wildman–Crippen MR) is 73.4 cm³/mol. The Morgan fingerprint density at radius 3 is 2.57 bits per heavy atom. The Morgan fingerprint density at radius 2 is 1.90 bits per heavy atom. The lowest BCUT2D eigenvalue weighted by atomic mass is 10.1. The fourth-order valence-electron chi connectivity index (χ4n) is 1.75. The molecule has 2 aromatic carbocycles. The molecule has 0 aliphatic carbocycles. The van der Waals surface area contributed by atoms with Crippen molar-refractivity contribution in [1.29, 1.82) is 0 Å². The molecule has 0 aliphatic heterocycles. The number of hydrogen-bond donors (Lipinski definition) is 1. The van der Waals surface area contributed by atoms with Gasteiger partial charge in [0, 0.05) is 17.8 Å². The van der Waals surface area contributed by atoms with Crippen LogP contribution in [0.25, 0.3) is 0 Å². The topological polar surface area (TPSA) is 61.5 Å². The fraction of sp³-hybridized carbons (Fsp3) is 0.133. The monoisotopic (exact) mass is 293 g/mol. The summed E-state index contributed by atoms with van der Waals surface area (Å²) in [6.45, 7) is 1.56. The zero-order valence-corrected chi connectivity index (χ0v) is 11.4. The van der Waals surface area contributed by atoms with Gasteiger partial charge in [-0.25, -0.2) is 13.6 Å². The van der Waals surface area contributed by atoms with Crippen LogP contribution in [-0.4, -0.2) is 13.1 Å². The van der Waals surface area contributed by atoms with Gasteiger partial charge in [-0.05, 0) is 18.6 Å². The van der Waals surface area contributed by atoms with E-state index in [0.29, 0.717) is 5.56 Å². The van der Waals surface area contributed by atoms with Crippen molar-refractivity contribution in [2.75, 3.05) is 12.8 Å². The van der Waals surface area contributed by atoms with Crippen molar-refractivity contribution in [2.45, 2.75) is 6.92 Å². The number of carbonyl (C=O) groups is 1. The minimum atomic E-state index is -0.805. The number of ether oxygens (including phenoxy) is 2. The lowest BCUT2D eigenvalue weighted by Crippen LogP contribution is -2.07. The van der Waals surface area contributed by atoms with Crippen molar-refractivity contribution in [2.24, 2.45) is 0 Å². The van der Waals surface area contributed by atoms with Gasteiger partial charge >= 0.3 is 5.97 Å². The van der Waals surface area contributed by atoms with Gasteiger partial charge < -0.3 is 15.2 Å². The molecule has 110 valence electrons. The number of anilines is 1. The van der Waals surface area contributed by atoms with Gasteiger partial charge in [0.05, 0.1) is 12.7 Å². The van der Waals surface area contributed by atoms with Gasteiger partial charge in [0.1, 0.15) is 0 Å². The van der Waals surface area contributed by atoms with E-state index in [4.69, 9.17) is 10.5 Å². The summed E-state index contributed by atoms with van der Waals surface area (Å²) in [6, 6.07) is 6.50. The molecule has 0 bridgehead atoms. The highest BCUT2D eigenvalue weighted by Gasteiger charge is 2.17. The summed E-state index contributed by atoms with van der Waals surface area (Å²) in [5.74, 6) is -2.60. The average Bonchev–Trinajstić information content (AvgIpc) is 2.45. The second kappa shape index (κ2) is 5.78. The summed E-state index contributed by atoms with van der Waals surface area (Å²) in [7, 11) is 1.17. The highest BCUT2D eigenvalue weighted by molar-refractivity contribution is 5.95. The first-order valence-electron chi connectivity index (χ1n) is 6.04. The van der Waals surface area contributed by atoms with E-state index >= 15 is 0 Å². The van der Waals surface area contributed by atoms with E-state index in [1.807, 2.05) is 0 Å². The molecule has 0 heterocycles. The molecule has 2 rings (SSSR count). The van der Waals surface area contributed by atoms with Gasteiger partial charge in [-0.1, -0.05) is 12.1 Å². The predicted octanol–water partition coefficient (Wildman–Crippen LogP) is 3.43. The summed E-state index contributed by atoms with van der Waals surface area (Å²) >= 11 is 0. The number of esters is 1. The SMILES string of the molecule is COC(=O)c1cc(Oc2cccc(C)c2F)c(F)cc1N. The molecule has 0 radical (unpaired) electrons. The van der Waals surface area contributed by atoms with Crippen LogP contribution in [0.3, 0.4) is 0 Å². The van der Waals surface area contributed by atoms with Gasteiger partial charge in [0.25, 0.3) is 0 Å². The second-order valence-electron chi connectivity index (χ2n) is 4.35. The van der Waals surface area contributed by atoms with E-state index in [0.717, 1.165) is 12.1 Å². The smallest absolute Gasteiger partial charge is 0.340 e. The Bertz CT molecular complexity index is 702. The molecule has 0 saturated heterocycles. The molecule has 0 aromatic heterocycles. The van der Waals surface area contributed by atoms with Crippen LogP contribution in [0.4, 0.5) is 14.5 Å². The summed E-state index contributed by atoms with van der Waals surface area (Å²) in [4.78, 5) is 11.5. The van der Waals surface area contributed by atoms with Crippen LogP contribution in [0.5, 0.6) is 11.5 Å². The maximum atomic E-state index is 13.9. The minimum Gasteiger partial charge on any atom is -0.465 e. The largest absolute Gasteiger partial charge is 0.465 e. The van der Waals surface area contributed by atoms with Crippen LogP contribution >= 0.6 is 0 Å². The number of halogens is 2. The van der Waals surface area contributed by atoms with Crippen molar-refractivity contribution in [1.82, 2.24) is 0 Å². The van der Waals surface area contributed by atoms with Gasteiger partial charge in [-0.15, -0.1) is 0 Å². The van der Waals surface area contributed by atoms with E-state index in [1.54, 1.807) is 19.1 Å². The molecular formula is C15H13F2NO3.